The molecule has 0 aromatic carbocycles. The number of aryl methyl sites for hydroxylation is 1. The number of ether oxygens (including phenoxy) is 1. The Kier molecular flexibility index (Phi) is 9.25. The summed E-state index contributed by atoms with van der Waals surface area (Å²) in [6, 6.07) is 0. The molecule has 0 aliphatic heterocycles. The lowest BCUT2D eigenvalue weighted by molar-refractivity contribution is -0.107. The topological polar surface area (TPSA) is 74.3 Å². The van der Waals surface area contributed by atoms with Gasteiger partial charge < -0.3 is 9.53 Å². The van der Waals surface area contributed by atoms with Gasteiger partial charge in [-0.1, -0.05) is 11.2 Å². The second-order valence-electron chi connectivity index (χ2n) is 3.74. The lowest BCUT2D eigenvalue weighted by Crippen LogP contribution is -2.16. The highest BCUT2D eigenvalue weighted by Gasteiger charge is 2.07. The summed E-state index contributed by atoms with van der Waals surface area (Å²) in [5, 5.41) is 3.41. The molecule has 0 unspecified atom stereocenters. The fraction of sp³-hybridized carbons (Fsp3) is 0.583. The van der Waals surface area contributed by atoms with Crippen LogP contribution in [0.1, 0.15) is 25.1 Å². The number of carbonyl (C=O) groups excluding carboxylic acids is 1. The number of aldehydes is 1. The molecule has 0 fully saturated rings. The maximum absolute atomic E-state index is 13.3. The molecule has 0 aliphatic rings. The molecule has 1 rings (SSSR count). The molecule has 0 amide bonds. The smallest absolute Gasteiger partial charge is 0.388 e. The van der Waals surface area contributed by atoms with Gasteiger partial charge in [0.2, 0.25) is 0 Å². The van der Waals surface area contributed by atoms with Gasteiger partial charge in [-0.3, -0.25) is 9.09 Å². The minimum atomic E-state index is -0.672. The van der Waals surface area contributed by atoms with Gasteiger partial charge in [0.15, 0.2) is 5.82 Å². The number of carbonyl (C=O) groups is 1. The summed E-state index contributed by atoms with van der Waals surface area (Å²) in [6.45, 7) is 1.39. The number of methoxy groups -OCH3 is 1. The Labute approximate surface area is 110 Å². The summed E-state index contributed by atoms with van der Waals surface area (Å²) in [5.74, 6) is -0.769. The number of rotatable bonds is 6. The molecule has 7 heteroatoms. The third-order valence-corrected chi connectivity index (χ3v) is 2.07. The van der Waals surface area contributed by atoms with Gasteiger partial charge in [-0.15, -0.1) is 0 Å². The van der Waals surface area contributed by atoms with E-state index in [1.165, 1.54) is 6.08 Å². The van der Waals surface area contributed by atoms with E-state index < -0.39 is 11.6 Å². The van der Waals surface area contributed by atoms with E-state index in [0.717, 1.165) is 10.9 Å². The predicted octanol–water partition coefficient (Wildman–Crippen LogP) is 1.63. The number of nitrogens with zero attached hydrogens (tertiary/aromatic N) is 2. The number of hydrogen-bond acceptors (Lipinski definition) is 5. The molecule has 19 heavy (non-hydrogen) atoms. The lowest BCUT2D eigenvalue weighted by atomic mass is 10.2. The highest BCUT2D eigenvalue weighted by Crippen LogP contribution is 2.05. The first-order chi connectivity index (χ1) is 9.06. The second kappa shape index (κ2) is 10.2. The highest BCUT2D eigenvalue weighted by atomic mass is 19.1. The fourth-order valence-corrected chi connectivity index (χ4v) is 1.19. The van der Waals surface area contributed by atoms with Crippen molar-refractivity contribution >= 4 is 6.29 Å². The van der Waals surface area contributed by atoms with Gasteiger partial charge in [-0.25, -0.2) is 9.18 Å². The van der Waals surface area contributed by atoms with E-state index in [1.807, 2.05) is 0 Å². The number of unbranched alkanes of at least 4 members (excludes halogenated alkanes) is 2. The van der Waals surface area contributed by atoms with Gasteiger partial charge in [0.1, 0.15) is 12.1 Å². The molecule has 6 nitrogen and oxygen atoms in total. The minimum absolute atomic E-state index is 0.171. The molecule has 0 N–H and O–H groups in total. The Morgan fingerprint density at radius 2 is 2.11 bits per heavy atom. The number of halogens is 1. The van der Waals surface area contributed by atoms with Gasteiger partial charge in [-0.05, 0) is 19.8 Å². The van der Waals surface area contributed by atoms with Crippen molar-refractivity contribution in [3.8, 4) is 0 Å². The zero-order valence-electron chi connectivity index (χ0n) is 11.4. The van der Waals surface area contributed by atoms with E-state index in [9.17, 15) is 14.0 Å². The van der Waals surface area contributed by atoms with Crippen molar-refractivity contribution in [3.05, 3.63) is 28.3 Å². The second-order valence-corrected chi connectivity index (χ2v) is 3.74. The van der Waals surface area contributed by atoms with Gasteiger partial charge in [0.25, 0.3) is 0 Å². The van der Waals surface area contributed by atoms with Crippen molar-refractivity contribution in [1.82, 2.24) is 9.72 Å². The van der Waals surface area contributed by atoms with Crippen LogP contribution >= 0.6 is 0 Å². The number of hydrogen-bond donors (Lipinski definition) is 0. The predicted molar refractivity (Wildman–Crippen MR) is 67.5 cm³/mol. The van der Waals surface area contributed by atoms with Crippen molar-refractivity contribution < 1.29 is 18.4 Å². The average molecular weight is 274 g/mol. The third-order valence-electron chi connectivity index (χ3n) is 2.07. The zero-order chi connectivity index (χ0) is 14.7. The molecule has 0 spiro atoms. The SMILES string of the molecule is COC.Cc1noc(=O)n1C/C(F)=C\CCCC=O. The largest absolute Gasteiger partial charge is 0.441 e. The molecular formula is C12H19FN2O4. The first-order valence-corrected chi connectivity index (χ1v) is 5.78. The van der Waals surface area contributed by atoms with E-state index in [1.54, 1.807) is 21.1 Å². The number of aromatic nitrogens is 2. The van der Waals surface area contributed by atoms with Crippen LogP contribution in [0, 0.1) is 6.92 Å². The Hall–Kier alpha value is -1.76. The number of allylic oxidation sites excluding steroid dienone is 2. The van der Waals surface area contributed by atoms with E-state index in [-0.39, 0.29) is 6.54 Å². The van der Waals surface area contributed by atoms with Crippen LogP contribution in [-0.4, -0.2) is 30.2 Å². The van der Waals surface area contributed by atoms with E-state index in [0.29, 0.717) is 25.1 Å². The van der Waals surface area contributed by atoms with Crippen LogP contribution in [0.3, 0.4) is 0 Å². The molecule has 0 bridgehead atoms. The van der Waals surface area contributed by atoms with E-state index in [4.69, 9.17) is 0 Å². The van der Waals surface area contributed by atoms with Crippen molar-refractivity contribution in [3.63, 3.8) is 0 Å². The molecular weight excluding hydrogens is 255 g/mol. The molecule has 0 radical (unpaired) electrons. The maximum Gasteiger partial charge on any atom is 0.441 e. The monoisotopic (exact) mass is 274 g/mol. The molecule has 0 saturated carbocycles. The Bertz CT molecular complexity index is 451. The van der Waals surface area contributed by atoms with Crippen LogP contribution in [0.15, 0.2) is 21.2 Å². The van der Waals surface area contributed by atoms with Crippen molar-refractivity contribution in [2.45, 2.75) is 32.7 Å². The average Bonchev–Trinajstić information content (AvgIpc) is 2.67. The molecule has 0 saturated heterocycles. The molecule has 1 aromatic rings. The first-order valence-electron chi connectivity index (χ1n) is 5.78. The van der Waals surface area contributed by atoms with E-state index in [2.05, 4.69) is 14.4 Å². The van der Waals surface area contributed by atoms with Crippen molar-refractivity contribution in [1.29, 1.82) is 0 Å². The van der Waals surface area contributed by atoms with Crippen LogP contribution in [-0.2, 0) is 16.1 Å². The van der Waals surface area contributed by atoms with Crippen LogP contribution in [0.5, 0.6) is 0 Å². The van der Waals surface area contributed by atoms with Crippen molar-refractivity contribution in [2.75, 3.05) is 14.2 Å². The third kappa shape index (κ3) is 7.30. The standard InChI is InChI=1S/C10H13FN2O3.C2H6O/c1-8-12-16-10(15)13(8)7-9(11)5-3-2-4-6-14;1-3-2/h5-6H,2-4,7H2,1H3;1-2H3/b9-5+;. The minimum Gasteiger partial charge on any atom is -0.388 e. The molecule has 1 heterocycles. The van der Waals surface area contributed by atoms with Crippen LogP contribution in [0.4, 0.5) is 4.39 Å². The Morgan fingerprint density at radius 1 is 1.47 bits per heavy atom. The Morgan fingerprint density at radius 3 is 2.58 bits per heavy atom. The maximum atomic E-state index is 13.3. The fourth-order valence-electron chi connectivity index (χ4n) is 1.19. The summed E-state index contributed by atoms with van der Waals surface area (Å²) < 4.78 is 23.0. The van der Waals surface area contributed by atoms with E-state index >= 15 is 0 Å². The van der Waals surface area contributed by atoms with Gasteiger partial charge in [0, 0.05) is 20.6 Å². The lowest BCUT2D eigenvalue weighted by Gasteiger charge is -1.98. The van der Waals surface area contributed by atoms with Gasteiger partial charge in [0.05, 0.1) is 6.54 Å². The summed E-state index contributed by atoms with van der Waals surface area (Å²) in [6.07, 6.45) is 3.65. The normalized spacial score (nSPS) is 10.8. The van der Waals surface area contributed by atoms with Crippen molar-refractivity contribution in [2.24, 2.45) is 0 Å². The van der Waals surface area contributed by atoms with Crippen LogP contribution in [0.2, 0.25) is 0 Å². The summed E-state index contributed by atoms with van der Waals surface area (Å²) in [4.78, 5) is 21.1. The van der Waals surface area contributed by atoms with Crippen LogP contribution in [0.25, 0.3) is 0 Å². The van der Waals surface area contributed by atoms with Crippen LogP contribution < -0.4 is 5.76 Å². The van der Waals surface area contributed by atoms with Gasteiger partial charge >= 0.3 is 5.76 Å². The summed E-state index contributed by atoms with van der Waals surface area (Å²) in [5.41, 5.74) is 0. The molecule has 1 aromatic heterocycles. The molecule has 0 atom stereocenters. The zero-order valence-corrected chi connectivity index (χ0v) is 11.4. The summed E-state index contributed by atoms with van der Waals surface area (Å²) >= 11 is 0. The Balaban J connectivity index is 0.000000982. The molecule has 108 valence electrons. The highest BCUT2D eigenvalue weighted by molar-refractivity contribution is 5.49. The summed E-state index contributed by atoms with van der Waals surface area (Å²) in [7, 11) is 3.25. The first kappa shape index (κ1) is 17.2. The quantitative estimate of drug-likeness (QED) is 0.582. The molecule has 0 aliphatic carbocycles. The van der Waals surface area contributed by atoms with Gasteiger partial charge in [-0.2, -0.15) is 0 Å².